The zero-order valence-corrected chi connectivity index (χ0v) is 21.9. The number of rotatable bonds is 4. The van der Waals surface area contributed by atoms with Crippen LogP contribution in [0.2, 0.25) is 0 Å². The molecule has 6 unspecified atom stereocenters. The number of fused-ring (bicyclic) bond motifs is 4. The van der Waals surface area contributed by atoms with Gasteiger partial charge in [-0.3, -0.25) is 24.1 Å². The van der Waals surface area contributed by atoms with Crippen molar-refractivity contribution in [1.29, 1.82) is 0 Å². The summed E-state index contributed by atoms with van der Waals surface area (Å²) in [6.45, 7) is 1.51. The van der Waals surface area contributed by atoms with Crippen LogP contribution in [0, 0.1) is 29.1 Å². The van der Waals surface area contributed by atoms with E-state index in [4.69, 9.17) is 4.42 Å². The molecule has 4 aliphatic rings. The van der Waals surface area contributed by atoms with E-state index in [9.17, 15) is 24.3 Å². The van der Waals surface area contributed by atoms with Crippen LogP contribution in [0.25, 0.3) is 0 Å². The Morgan fingerprint density at radius 2 is 1.48 bits per heavy atom. The summed E-state index contributed by atoms with van der Waals surface area (Å²) >= 11 is 0. The van der Waals surface area contributed by atoms with Gasteiger partial charge in [-0.25, -0.2) is 4.90 Å². The van der Waals surface area contributed by atoms with Crippen LogP contribution in [-0.4, -0.2) is 28.7 Å². The van der Waals surface area contributed by atoms with Gasteiger partial charge in [-0.1, -0.05) is 48.0 Å². The molecular weight excluding hydrogens is 508 g/mol. The number of hydrogen-bond donors (Lipinski definition) is 1. The van der Waals surface area contributed by atoms with Crippen molar-refractivity contribution in [1.82, 2.24) is 0 Å². The summed E-state index contributed by atoms with van der Waals surface area (Å²) in [5, 5.41) is 9.72. The molecule has 8 nitrogen and oxygen atoms in total. The second kappa shape index (κ2) is 8.86. The summed E-state index contributed by atoms with van der Waals surface area (Å²) in [5.41, 5.74) is 0.717. The Bertz CT molecular complexity index is 1580. The van der Waals surface area contributed by atoms with Gasteiger partial charge in [0, 0.05) is 0 Å². The molecule has 202 valence electrons. The SMILES string of the molecule is CC12C(=O)N(c3ccccc3)C(=O)C1CC1C(=CCC3C(=O)N(c4ccccc4)C(=O)C31)C2c1ccc(CO)o1. The van der Waals surface area contributed by atoms with Gasteiger partial charge in [0.15, 0.2) is 0 Å². The molecule has 2 aromatic carbocycles. The van der Waals surface area contributed by atoms with Crippen LogP contribution in [0.5, 0.6) is 0 Å². The fourth-order valence-electron chi connectivity index (χ4n) is 7.61. The molecule has 2 aliphatic carbocycles. The minimum atomic E-state index is -1.17. The van der Waals surface area contributed by atoms with E-state index in [-0.39, 0.29) is 36.7 Å². The highest BCUT2D eigenvalue weighted by Crippen LogP contribution is 2.63. The predicted molar refractivity (Wildman–Crippen MR) is 145 cm³/mol. The molecule has 0 spiro atoms. The maximum absolute atomic E-state index is 14.2. The number of benzene rings is 2. The zero-order valence-electron chi connectivity index (χ0n) is 21.9. The lowest BCUT2D eigenvalue weighted by atomic mass is 9.52. The highest BCUT2D eigenvalue weighted by Gasteiger charge is 2.68. The van der Waals surface area contributed by atoms with Crippen molar-refractivity contribution < 1.29 is 28.7 Å². The van der Waals surface area contributed by atoms with Crippen molar-refractivity contribution in [2.75, 3.05) is 9.80 Å². The number of aliphatic hydroxyl groups excluding tert-OH is 1. The van der Waals surface area contributed by atoms with Gasteiger partial charge >= 0.3 is 0 Å². The average molecular weight is 537 g/mol. The topological polar surface area (TPSA) is 108 Å². The molecule has 0 radical (unpaired) electrons. The Hall–Kier alpha value is -4.30. The normalized spacial score (nSPS) is 31.2. The van der Waals surface area contributed by atoms with E-state index in [1.165, 1.54) is 9.80 Å². The minimum Gasteiger partial charge on any atom is -0.463 e. The van der Waals surface area contributed by atoms with Crippen molar-refractivity contribution in [3.63, 3.8) is 0 Å². The van der Waals surface area contributed by atoms with Gasteiger partial charge in [0.1, 0.15) is 18.1 Å². The third-order valence-electron chi connectivity index (χ3n) is 9.43. The molecule has 8 heteroatoms. The van der Waals surface area contributed by atoms with Crippen LogP contribution in [0.15, 0.2) is 88.9 Å². The largest absolute Gasteiger partial charge is 0.463 e. The molecule has 4 amide bonds. The third-order valence-corrected chi connectivity index (χ3v) is 9.43. The summed E-state index contributed by atoms with van der Waals surface area (Å²) in [5.74, 6) is -3.25. The summed E-state index contributed by atoms with van der Waals surface area (Å²) in [7, 11) is 0. The Labute approximate surface area is 230 Å². The van der Waals surface area contributed by atoms with Crippen molar-refractivity contribution in [3.8, 4) is 0 Å². The van der Waals surface area contributed by atoms with Gasteiger partial charge < -0.3 is 9.52 Å². The lowest BCUT2D eigenvalue weighted by molar-refractivity contribution is -0.131. The second-order valence-corrected chi connectivity index (χ2v) is 11.3. The van der Waals surface area contributed by atoms with Crippen LogP contribution in [0.4, 0.5) is 11.4 Å². The number of imide groups is 2. The molecular formula is C32H28N2O6. The molecule has 2 aliphatic heterocycles. The van der Waals surface area contributed by atoms with Gasteiger partial charge in [0.2, 0.25) is 23.6 Å². The Morgan fingerprint density at radius 1 is 0.825 bits per heavy atom. The van der Waals surface area contributed by atoms with E-state index >= 15 is 0 Å². The van der Waals surface area contributed by atoms with Crippen molar-refractivity contribution >= 4 is 35.0 Å². The number of allylic oxidation sites excluding steroid dienone is 2. The maximum atomic E-state index is 14.2. The van der Waals surface area contributed by atoms with Crippen LogP contribution >= 0.6 is 0 Å². The second-order valence-electron chi connectivity index (χ2n) is 11.3. The zero-order chi connectivity index (χ0) is 27.8. The number of carbonyl (C=O) groups excluding carboxylic acids is 4. The standard InChI is InChI=1S/C32H28N2O6/c1-32-24(29(37)34(31(32)39)19-10-6-3-7-11-19)16-23-21(27(32)25-15-12-20(17-35)40-25)13-14-22-26(23)30(38)33(28(22)36)18-8-4-2-5-9-18/h2-13,15,22-24,26-27,35H,14,16-17H2,1H3. The van der Waals surface area contributed by atoms with E-state index < -0.39 is 35.0 Å². The first-order chi connectivity index (χ1) is 19.4. The fraction of sp³-hybridized carbons (Fsp3) is 0.312. The van der Waals surface area contributed by atoms with Crippen molar-refractivity contribution in [2.24, 2.45) is 29.1 Å². The van der Waals surface area contributed by atoms with Gasteiger partial charge in [-0.2, -0.15) is 0 Å². The van der Waals surface area contributed by atoms with E-state index in [2.05, 4.69) is 0 Å². The smallest absolute Gasteiger partial charge is 0.241 e. The first-order valence-electron chi connectivity index (χ1n) is 13.6. The Balaban J connectivity index is 1.36. The highest BCUT2D eigenvalue weighted by molar-refractivity contribution is 6.25. The molecule has 1 aromatic heterocycles. The number of carbonyl (C=O) groups is 4. The summed E-state index contributed by atoms with van der Waals surface area (Å²) in [6, 6.07) is 21.2. The molecule has 3 heterocycles. The molecule has 7 rings (SSSR count). The van der Waals surface area contributed by atoms with E-state index in [1.54, 1.807) is 60.7 Å². The van der Waals surface area contributed by atoms with Gasteiger partial charge in [-0.05, 0) is 62.1 Å². The summed E-state index contributed by atoms with van der Waals surface area (Å²) < 4.78 is 6.03. The molecule has 3 aromatic rings. The lowest BCUT2D eigenvalue weighted by Crippen LogP contribution is -2.48. The van der Waals surface area contributed by atoms with E-state index in [1.807, 2.05) is 25.1 Å². The predicted octanol–water partition coefficient (Wildman–Crippen LogP) is 4.21. The van der Waals surface area contributed by atoms with Crippen molar-refractivity contribution in [3.05, 3.63) is 96.0 Å². The molecule has 1 saturated carbocycles. The molecule has 3 fully saturated rings. The van der Waals surface area contributed by atoms with Gasteiger partial charge in [-0.15, -0.1) is 0 Å². The highest BCUT2D eigenvalue weighted by atomic mass is 16.4. The molecule has 1 N–H and O–H groups in total. The molecule has 40 heavy (non-hydrogen) atoms. The maximum Gasteiger partial charge on any atom is 0.241 e. The van der Waals surface area contributed by atoms with E-state index in [0.29, 0.717) is 29.3 Å². The summed E-state index contributed by atoms with van der Waals surface area (Å²) in [6.07, 6.45) is 2.63. The molecule has 6 atom stereocenters. The number of furan rings is 1. The lowest BCUT2D eigenvalue weighted by Gasteiger charge is -2.48. The fourth-order valence-corrected chi connectivity index (χ4v) is 7.61. The minimum absolute atomic E-state index is 0.235. The first kappa shape index (κ1) is 24.7. The molecule has 2 saturated heterocycles. The van der Waals surface area contributed by atoms with Crippen LogP contribution in [0.3, 0.4) is 0 Å². The number of amides is 4. The van der Waals surface area contributed by atoms with Crippen LogP contribution in [-0.2, 0) is 25.8 Å². The number of hydrogen-bond acceptors (Lipinski definition) is 6. The Morgan fingerprint density at radius 3 is 2.10 bits per heavy atom. The summed E-state index contributed by atoms with van der Waals surface area (Å²) in [4.78, 5) is 58.4. The van der Waals surface area contributed by atoms with E-state index in [0.717, 1.165) is 5.57 Å². The number of nitrogens with zero attached hydrogens (tertiary/aromatic N) is 2. The van der Waals surface area contributed by atoms with Crippen molar-refractivity contribution in [2.45, 2.75) is 32.3 Å². The van der Waals surface area contributed by atoms with Crippen LogP contribution in [0.1, 0.15) is 37.2 Å². The van der Waals surface area contributed by atoms with Gasteiger partial charge in [0.25, 0.3) is 0 Å². The third kappa shape index (κ3) is 3.23. The monoisotopic (exact) mass is 536 g/mol. The van der Waals surface area contributed by atoms with Gasteiger partial charge in [0.05, 0.1) is 40.5 Å². The first-order valence-corrected chi connectivity index (χ1v) is 13.6. The van der Waals surface area contributed by atoms with Crippen LogP contribution < -0.4 is 9.80 Å². The number of aliphatic hydroxyl groups is 1. The molecule has 0 bridgehead atoms. The Kier molecular flexibility index (Phi) is 5.47. The quantitative estimate of drug-likeness (QED) is 0.395. The number of anilines is 2. The average Bonchev–Trinajstić information content (AvgIpc) is 3.60. The number of para-hydroxylation sites is 2.